The maximum Gasteiger partial charge on any atom is 0.00190 e. The molecule has 1 unspecified atom stereocenters. The van der Waals surface area contributed by atoms with Gasteiger partial charge in [-0.25, -0.2) is 0 Å². The van der Waals surface area contributed by atoms with Crippen molar-refractivity contribution in [2.24, 2.45) is 5.92 Å². The Morgan fingerprint density at radius 2 is 2.17 bits per heavy atom. The molecule has 100 valence electrons. The van der Waals surface area contributed by atoms with Crippen LogP contribution in [0.1, 0.15) is 24.0 Å². The first kappa shape index (κ1) is 13.6. The number of aryl methyl sites for hydroxylation is 1. The molecule has 0 radical (unpaired) electrons. The third-order valence-corrected chi connectivity index (χ3v) is 3.99. The zero-order chi connectivity index (χ0) is 12.8. The second-order valence-electron chi connectivity index (χ2n) is 5.65. The number of piperidine rings is 1. The average molecular weight is 246 g/mol. The molecule has 1 aliphatic rings. The molecular formula is C16H26N2. The zero-order valence-electron chi connectivity index (χ0n) is 11.8. The van der Waals surface area contributed by atoms with Crippen LogP contribution in [-0.4, -0.2) is 38.1 Å². The number of hydrogen-bond donors (Lipinski definition) is 1. The summed E-state index contributed by atoms with van der Waals surface area (Å²) < 4.78 is 0. The smallest absolute Gasteiger partial charge is 0.00190 e. The highest BCUT2D eigenvalue weighted by Gasteiger charge is 2.14. The molecule has 0 spiro atoms. The molecule has 1 aliphatic heterocycles. The number of nitrogens with zero attached hydrogens (tertiary/aromatic N) is 1. The van der Waals surface area contributed by atoms with Gasteiger partial charge in [-0.3, -0.25) is 0 Å². The van der Waals surface area contributed by atoms with E-state index in [1.807, 2.05) is 0 Å². The fourth-order valence-corrected chi connectivity index (χ4v) is 2.81. The predicted octanol–water partition coefficient (Wildman–Crippen LogP) is 2.47. The number of benzene rings is 1. The largest absolute Gasteiger partial charge is 0.316 e. The van der Waals surface area contributed by atoms with Gasteiger partial charge in [0.25, 0.3) is 0 Å². The first-order valence-electron chi connectivity index (χ1n) is 7.19. The van der Waals surface area contributed by atoms with Gasteiger partial charge in [-0.15, -0.1) is 0 Å². The summed E-state index contributed by atoms with van der Waals surface area (Å²) in [5.74, 6) is 0.848. The first-order chi connectivity index (χ1) is 8.75. The highest BCUT2D eigenvalue weighted by molar-refractivity contribution is 5.25. The quantitative estimate of drug-likeness (QED) is 0.858. The average Bonchev–Trinajstić information content (AvgIpc) is 2.39. The summed E-state index contributed by atoms with van der Waals surface area (Å²) >= 11 is 0. The Hall–Kier alpha value is -0.860. The molecule has 0 aliphatic carbocycles. The van der Waals surface area contributed by atoms with Crippen molar-refractivity contribution in [3.63, 3.8) is 0 Å². The molecule has 1 saturated heterocycles. The van der Waals surface area contributed by atoms with Crippen molar-refractivity contribution in [2.75, 3.05) is 33.2 Å². The van der Waals surface area contributed by atoms with Crippen LogP contribution >= 0.6 is 0 Å². The lowest BCUT2D eigenvalue weighted by Gasteiger charge is -2.27. The van der Waals surface area contributed by atoms with E-state index < -0.39 is 0 Å². The highest BCUT2D eigenvalue weighted by Crippen LogP contribution is 2.12. The minimum atomic E-state index is 0.848. The predicted molar refractivity (Wildman–Crippen MR) is 78.0 cm³/mol. The normalized spacial score (nSPS) is 20.3. The molecular weight excluding hydrogens is 220 g/mol. The van der Waals surface area contributed by atoms with Crippen molar-refractivity contribution >= 4 is 0 Å². The van der Waals surface area contributed by atoms with Gasteiger partial charge in [0.1, 0.15) is 0 Å². The molecule has 1 N–H and O–H groups in total. The van der Waals surface area contributed by atoms with E-state index in [0.29, 0.717) is 0 Å². The van der Waals surface area contributed by atoms with Gasteiger partial charge < -0.3 is 10.2 Å². The molecule has 0 saturated carbocycles. The maximum absolute atomic E-state index is 3.50. The molecule has 0 bridgehead atoms. The zero-order valence-corrected chi connectivity index (χ0v) is 11.8. The molecule has 1 heterocycles. The fraction of sp³-hybridized carbons (Fsp3) is 0.625. The Morgan fingerprint density at radius 3 is 2.89 bits per heavy atom. The second-order valence-corrected chi connectivity index (χ2v) is 5.65. The molecule has 2 nitrogen and oxygen atoms in total. The molecule has 0 amide bonds. The van der Waals surface area contributed by atoms with Gasteiger partial charge >= 0.3 is 0 Å². The van der Waals surface area contributed by atoms with Gasteiger partial charge in [0.15, 0.2) is 0 Å². The summed E-state index contributed by atoms with van der Waals surface area (Å²) in [5, 5.41) is 3.50. The van der Waals surface area contributed by atoms with Crippen molar-refractivity contribution in [3.8, 4) is 0 Å². The van der Waals surface area contributed by atoms with Gasteiger partial charge in [0, 0.05) is 13.1 Å². The lowest BCUT2D eigenvalue weighted by molar-refractivity contribution is 0.245. The Labute approximate surface area is 111 Å². The van der Waals surface area contributed by atoms with Gasteiger partial charge in [-0.2, -0.15) is 0 Å². The Kier molecular flexibility index (Phi) is 5.21. The van der Waals surface area contributed by atoms with Gasteiger partial charge in [0.2, 0.25) is 0 Å². The second kappa shape index (κ2) is 6.91. The van der Waals surface area contributed by atoms with Crippen molar-refractivity contribution in [1.29, 1.82) is 0 Å². The van der Waals surface area contributed by atoms with E-state index in [1.54, 1.807) is 0 Å². The Morgan fingerprint density at radius 1 is 1.33 bits per heavy atom. The molecule has 1 aromatic rings. The Bertz CT molecular complexity index is 356. The molecule has 1 atom stereocenters. The van der Waals surface area contributed by atoms with E-state index in [2.05, 4.69) is 48.5 Å². The number of hydrogen-bond acceptors (Lipinski definition) is 2. The monoisotopic (exact) mass is 246 g/mol. The van der Waals surface area contributed by atoms with Gasteiger partial charge in [-0.1, -0.05) is 24.3 Å². The molecule has 1 fully saturated rings. The van der Waals surface area contributed by atoms with Crippen LogP contribution in [0.5, 0.6) is 0 Å². The van der Waals surface area contributed by atoms with Crippen LogP contribution in [-0.2, 0) is 6.42 Å². The van der Waals surface area contributed by atoms with E-state index in [0.717, 1.165) is 5.92 Å². The number of rotatable bonds is 5. The van der Waals surface area contributed by atoms with Crippen LogP contribution in [0.25, 0.3) is 0 Å². The Balaban J connectivity index is 1.74. The highest BCUT2D eigenvalue weighted by atomic mass is 15.1. The minimum Gasteiger partial charge on any atom is -0.316 e. The van der Waals surface area contributed by atoms with Crippen LogP contribution in [0.3, 0.4) is 0 Å². The van der Waals surface area contributed by atoms with E-state index in [-0.39, 0.29) is 0 Å². The molecule has 0 aromatic heterocycles. The van der Waals surface area contributed by atoms with Crippen LogP contribution in [0, 0.1) is 12.8 Å². The first-order valence-corrected chi connectivity index (χ1v) is 7.19. The summed E-state index contributed by atoms with van der Waals surface area (Å²) in [6.45, 7) is 7.03. The van der Waals surface area contributed by atoms with Crippen molar-refractivity contribution in [1.82, 2.24) is 10.2 Å². The number of likely N-dealkylation sites (N-methyl/N-ethyl adjacent to an activating group) is 1. The summed E-state index contributed by atoms with van der Waals surface area (Å²) in [6, 6.07) is 8.73. The van der Waals surface area contributed by atoms with E-state index >= 15 is 0 Å². The van der Waals surface area contributed by atoms with Crippen LogP contribution < -0.4 is 5.32 Å². The van der Waals surface area contributed by atoms with Crippen LogP contribution in [0.15, 0.2) is 24.3 Å². The van der Waals surface area contributed by atoms with E-state index in [4.69, 9.17) is 0 Å². The van der Waals surface area contributed by atoms with Gasteiger partial charge in [-0.05, 0) is 63.4 Å². The molecule has 2 rings (SSSR count). The lowest BCUT2D eigenvalue weighted by Crippen LogP contribution is -2.37. The third kappa shape index (κ3) is 4.11. The molecule has 2 heteroatoms. The van der Waals surface area contributed by atoms with E-state index in [9.17, 15) is 0 Å². The summed E-state index contributed by atoms with van der Waals surface area (Å²) in [4.78, 5) is 2.49. The molecule has 1 aromatic carbocycles. The van der Waals surface area contributed by atoms with E-state index in [1.165, 1.54) is 56.6 Å². The van der Waals surface area contributed by atoms with Crippen LogP contribution in [0.4, 0.5) is 0 Å². The lowest BCUT2D eigenvalue weighted by atomic mass is 9.99. The molecule has 18 heavy (non-hydrogen) atoms. The van der Waals surface area contributed by atoms with Gasteiger partial charge in [0.05, 0.1) is 0 Å². The van der Waals surface area contributed by atoms with Crippen molar-refractivity contribution in [3.05, 3.63) is 35.4 Å². The van der Waals surface area contributed by atoms with Crippen LogP contribution in [0.2, 0.25) is 0 Å². The minimum absolute atomic E-state index is 0.848. The van der Waals surface area contributed by atoms with Crippen molar-refractivity contribution < 1.29 is 0 Å². The van der Waals surface area contributed by atoms with Crippen molar-refractivity contribution in [2.45, 2.75) is 26.2 Å². The third-order valence-electron chi connectivity index (χ3n) is 3.99. The SMILES string of the molecule is Cc1ccccc1CCN(C)CC1CCCNC1. The summed E-state index contributed by atoms with van der Waals surface area (Å²) in [7, 11) is 2.26. The summed E-state index contributed by atoms with van der Waals surface area (Å²) in [6.07, 6.45) is 3.90. The maximum atomic E-state index is 3.50. The topological polar surface area (TPSA) is 15.3 Å². The number of nitrogens with one attached hydrogen (secondary N) is 1. The standard InChI is InChI=1S/C16H26N2/c1-14-6-3-4-8-16(14)9-11-18(2)13-15-7-5-10-17-12-15/h3-4,6,8,15,17H,5,7,9-13H2,1-2H3. The fourth-order valence-electron chi connectivity index (χ4n) is 2.81. The summed E-state index contributed by atoms with van der Waals surface area (Å²) in [5.41, 5.74) is 2.91.